The fourth-order valence-corrected chi connectivity index (χ4v) is 0. The van der Waals surface area contributed by atoms with Gasteiger partial charge < -0.3 is 21.9 Å². The summed E-state index contributed by atoms with van der Waals surface area (Å²) in [6.45, 7) is 0. The quantitative estimate of drug-likeness (QED) is 0.557. The van der Waals surface area contributed by atoms with Gasteiger partial charge in [0.1, 0.15) is 0 Å². The van der Waals surface area contributed by atoms with Crippen molar-refractivity contribution in [2.75, 3.05) is 0 Å². The van der Waals surface area contributed by atoms with Gasteiger partial charge in [0.15, 0.2) is 0 Å². The number of hydrogen-bond acceptors (Lipinski definition) is 0. The van der Waals surface area contributed by atoms with Gasteiger partial charge in [-0.2, -0.15) is 0 Å². The first-order valence-electron chi connectivity index (χ1n) is 0. The zero-order chi connectivity index (χ0) is 0. The Balaban J connectivity index is 0. The summed E-state index contributed by atoms with van der Waals surface area (Å²) in [5.41, 5.74) is 0. The molecule has 0 unspecified atom stereocenters. The average Bonchev–Trinajstić information content (AvgIpc) is 0. The standard InChI is InChI=1S/4O.Pr.V/q4*-2;;. The fourth-order valence-electron chi connectivity index (χ4n) is 0. The molecule has 40 valence electrons. The third-order valence-electron chi connectivity index (χ3n) is 0. The van der Waals surface area contributed by atoms with E-state index in [-0.39, 0.29) is 81.8 Å². The molecule has 0 spiro atoms. The molecule has 0 amide bonds. The van der Waals surface area contributed by atoms with Crippen molar-refractivity contribution in [2.45, 2.75) is 0 Å². The molecule has 0 aromatic rings. The minimum absolute atomic E-state index is 0. The Morgan fingerprint density at radius 3 is 0.500 bits per heavy atom. The monoisotopic (exact) mass is 256 g/mol. The molecule has 0 N–H and O–H groups in total. The first kappa shape index (κ1) is 112. The summed E-state index contributed by atoms with van der Waals surface area (Å²) in [6.07, 6.45) is 0. The van der Waals surface area contributed by atoms with Crippen molar-refractivity contribution in [1.82, 2.24) is 0 Å². The van der Waals surface area contributed by atoms with Gasteiger partial charge in [-0.3, -0.25) is 0 Å². The van der Waals surface area contributed by atoms with E-state index in [0.717, 1.165) is 0 Å². The summed E-state index contributed by atoms with van der Waals surface area (Å²) >= 11 is 0. The van der Waals surface area contributed by atoms with Gasteiger partial charge in [0.25, 0.3) is 0 Å². The van der Waals surface area contributed by atoms with Crippen LogP contribution in [0.15, 0.2) is 0 Å². The second kappa shape index (κ2) is 71.1. The fraction of sp³-hybridized carbons (Fsp3) is 0. The smallest absolute Gasteiger partial charge is 0 e. The van der Waals surface area contributed by atoms with Gasteiger partial charge in [-0.05, 0) is 0 Å². The molecule has 0 rings (SSSR count). The van der Waals surface area contributed by atoms with Gasteiger partial charge >= 0.3 is 0 Å². The molecule has 0 atom stereocenters. The van der Waals surface area contributed by atoms with Crippen LogP contribution in [0.25, 0.3) is 0 Å². The molecule has 6 heavy (non-hydrogen) atoms. The zero-order valence-corrected chi connectivity index (χ0v) is 7.76. The van der Waals surface area contributed by atoms with Crippen molar-refractivity contribution in [2.24, 2.45) is 0 Å². The Kier molecular flexibility index (Phi) is 1330. The van der Waals surface area contributed by atoms with Crippen LogP contribution >= 0.6 is 0 Å². The molecule has 0 aliphatic heterocycles. The van der Waals surface area contributed by atoms with E-state index in [0.29, 0.717) is 0 Å². The maximum Gasteiger partial charge on any atom is 0 e. The van der Waals surface area contributed by atoms with Gasteiger partial charge in [-0.1, -0.05) is 0 Å². The van der Waals surface area contributed by atoms with Gasteiger partial charge in [0.2, 0.25) is 0 Å². The average molecular weight is 256 g/mol. The minimum atomic E-state index is 0. The third kappa shape index (κ3) is 41.5. The predicted octanol–water partition coefficient (Wildman–Crippen LogP) is -0.478. The van der Waals surface area contributed by atoms with Crippen LogP contribution in [0.1, 0.15) is 0 Å². The maximum atomic E-state index is 0. The van der Waals surface area contributed by atoms with Crippen LogP contribution in [0.5, 0.6) is 0 Å². The van der Waals surface area contributed by atoms with Crippen LogP contribution < -0.4 is 0 Å². The van der Waals surface area contributed by atoms with E-state index >= 15 is 0 Å². The van der Waals surface area contributed by atoms with E-state index in [4.69, 9.17) is 0 Å². The van der Waals surface area contributed by atoms with Gasteiger partial charge in [-0.15, -0.1) is 0 Å². The van der Waals surface area contributed by atoms with Crippen molar-refractivity contribution in [3.63, 3.8) is 0 Å². The zero-order valence-electron chi connectivity index (χ0n) is 2.66. The third-order valence-corrected chi connectivity index (χ3v) is 0. The Hall–Kier alpha value is 1.79. The van der Waals surface area contributed by atoms with Crippen molar-refractivity contribution < 1.29 is 81.8 Å². The Labute approximate surface area is 80.8 Å². The van der Waals surface area contributed by atoms with Crippen molar-refractivity contribution in [1.29, 1.82) is 0 Å². The molecule has 0 bridgehead atoms. The number of rotatable bonds is 0. The molecule has 0 heterocycles. The predicted molar refractivity (Wildman–Crippen MR) is 2.75 cm³/mol. The molecule has 2 radical (unpaired) electrons. The second-order valence-electron chi connectivity index (χ2n) is 0. The molecule has 0 aliphatic rings. The molecule has 0 fully saturated rings. The van der Waals surface area contributed by atoms with Crippen LogP contribution in [0.2, 0.25) is 0 Å². The van der Waals surface area contributed by atoms with Crippen LogP contribution in [0, 0.1) is 41.3 Å². The molecule has 0 aliphatic carbocycles. The molecule has 6 heteroatoms. The minimum Gasteiger partial charge on any atom is -2.00 e. The number of hydrogen-bond donors (Lipinski definition) is 0. The second-order valence-corrected chi connectivity index (χ2v) is 0. The van der Waals surface area contributed by atoms with Crippen LogP contribution in [0.3, 0.4) is 0 Å². The van der Waals surface area contributed by atoms with Crippen LogP contribution in [0.4, 0.5) is 0 Å². The molecule has 0 aromatic carbocycles. The van der Waals surface area contributed by atoms with Crippen LogP contribution in [-0.2, 0) is 40.5 Å². The normalized spacial score (nSPS) is 0. The van der Waals surface area contributed by atoms with E-state index in [1.165, 1.54) is 0 Å². The van der Waals surface area contributed by atoms with Crippen molar-refractivity contribution >= 4 is 0 Å². The molecule has 4 nitrogen and oxygen atoms in total. The first-order chi connectivity index (χ1) is 0. The Morgan fingerprint density at radius 1 is 0.500 bits per heavy atom. The van der Waals surface area contributed by atoms with E-state index < -0.39 is 0 Å². The van der Waals surface area contributed by atoms with Crippen LogP contribution in [-0.4, -0.2) is 0 Å². The summed E-state index contributed by atoms with van der Waals surface area (Å²) in [4.78, 5) is 0. The van der Waals surface area contributed by atoms with E-state index in [1.807, 2.05) is 0 Å². The van der Waals surface area contributed by atoms with Crippen molar-refractivity contribution in [3.8, 4) is 0 Å². The molecule has 0 aromatic heterocycles. The Morgan fingerprint density at radius 2 is 0.500 bits per heavy atom. The Bertz CT molecular complexity index is 7.51. The van der Waals surface area contributed by atoms with E-state index in [1.54, 1.807) is 0 Å². The summed E-state index contributed by atoms with van der Waals surface area (Å²) in [7, 11) is 0. The summed E-state index contributed by atoms with van der Waals surface area (Å²) in [5, 5.41) is 0. The summed E-state index contributed by atoms with van der Waals surface area (Å²) < 4.78 is 0. The molecule has 0 saturated carbocycles. The largest absolute Gasteiger partial charge is 2.00 e. The summed E-state index contributed by atoms with van der Waals surface area (Å²) in [6, 6.07) is 0. The van der Waals surface area contributed by atoms with E-state index in [9.17, 15) is 0 Å². The SMILES string of the molecule is [O-2].[O-2].[O-2].[O-2].[Pr].[V]. The molecular weight excluding hydrogens is 256 g/mol. The van der Waals surface area contributed by atoms with Gasteiger partial charge in [0, 0.05) is 59.8 Å². The van der Waals surface area contributed by atoms with Crippen molar-refractivity contribution in [3.05, 3.63) is 0 Å². The maximum absolute atomic E-state index is 0. The van der Waals surface area contributed by atoms with Gasteiger partial charge in [0.05, 0.1) is 0 Å². The molecule has 0 saturated heterocycles. The summed E-state index contributed by atoms with van der Waals surface area (Å²) in [5.74, 6) is 0. The first-order valence-corrected chi connectivity index (χ1v) is 0. The molecular formula is O4PrV-8. The van der Waals surface area contributed by atoms with Gasteiger partial charge in [-0.25, -0.2) is 0 Å². The topological polar surface area (TPSA) is 114 Å². The van der Waals surface area contributed by atoms with E-state index in [2.05, 4.69) is 0 Å².